The van der Waals surface area contributed by atoms with Crippen LogP contribution in [0.15, 0.2) is 24.3 Å². The Hall–Kier alpha value is -0.770. The van der Waals surface area contributed by atoms with Crippen LogP contribution in [0.25, 0.3) is 0 Å². The molecule has 1 rings (SSSR count). The number of benzene rings is 1. The first-order chi connectivity index (χ1) is 7.42. The van der Waals surface area contributed by atoms with Crippen LogP contribution in [0.5, 0.6) is 5.75 Å². The third kappa shape index (κ3) is 5.91. The summed E-state index contributed by atoms with van der Waals surface area (Å²) in [4.78, 5) is 0. The van der Waals surface area contributed by atoms with Crippen LogP contribution in [0.3, 0.4) is 0 Å². The minimum absolute atomic E-state index is 0. The van der Waals surface area contributed by atoms with Gasteiger partial charge in [0.1, 0.15) is 11.4 Å². The molecule has 17 heavy (non-hydrogen) atoms. The maximum Gasteiger partial charge on any atom is 0.120 e. The molecule has 1 aromatic rings. The molecule has 0 aliphatic rings. The lowest BCUT2D eigenvalue weighted by Crippen LogP contribution is -2.23. The van der Waals surface area contributed by atoms with Gasteiger partial charge in [-0.25, -0.2) is 0 Å². The Labute approximate surface area is 110 Å². The van der Waals surface area contributed by atoms with Crippen LogP contribution in [0.2, 0.25) is 0 Å². The molecule has 0 saturated heterocycles. The first kappa shape index (κ1) is 16.2. The molecule has 0 unspecified atom stereocenters. The van der Waals surface area contributed by atoms with E-state index in [0.717, 1.165) is 17.7 Å². The van der Waals surface area contributed by atoms with Gasteiger partial charge in [0.15, 0.2) is 0 Å². The maximum atomic E-state index is 5.96. The lowest BCUT2D eigenvalue weighted by Gasteiger charge is -2.21. The number of ether oxygens (including phenoxy) is 1. The fourth-order valence-electron chi connectivity index (χ4n) is 1.48. The molecular weight excluding hydrogens is 236 g/mol. The molecule has 0 radical (unpaired) electrons. The molecule has 4 heteroatoms. The third-order valence-corrected chi connectivity index (χ3v) is 2.21. The van der Waals surface area contributed by atoms with Gasteiger partial charge >= 0.3 is 0 Å². The van der Waals surface area contributed by atoms with E-state index in [0.29, 0.717) is 6.54 Å². The smallest absolute Gasteiger partial charge is 0.120 e. The van der Waals surface area contributed by atoms with Crippen molar-refractivity contribution in [2.45, 2.75) is 38.8 Å². The normalized spacial score (nSPS) is 12.8. The first-order valence-corrected chi connectivity index (χ1v) is 5.67. The van der Waals surface area contributed by atoms with Gasteiger partial charge in [-0.1, -0.05) is 12.1 Å². The molecule has 0 saturated carbocycles. The molecular formula is C13H23ClN2O. The molecule has 0 spiro atoms. The molecule has 0 heterocycles. The van der Waals surface area contributed by atoms with Gasteiger partial charge < -0.3 is 16.2 Å². The van der Waals surface area contributed by atoms with Crippen LogP contribution < -0.4 is 16.2 Å². The second kappa shape index (κ2) is 6.84. The fourth-order valence-corrected chi connectivity index (χ4v) is 1.48. The number of hydrogen-bond acceptors (Lipinski definition) is 3. The van der Waals surface area contributed by atoms with Gasteiger partial charge in [0.05, 0.1) is 0 Å². The molecule has 1 atom stereocenters. The Morgan fingerprint density at radius 2 is 1.71 bits per heavy atom. The average molecular weight is 259 g/mol. The van der Waals surface area contributed by atoms with E-state index in [-0.39, 0.29) is 24.0 Å². The zero-order valence-electron chi connectivity index (χ0n) is 10.8. The van der Waals surface area contributed by atoms with Crippen LogP contribution in [0, 0.1) is 0 Å². The maximum absolute atomic E-state index is 5.96. The molecule has 3 nitrogen and oxygen atoms in total. The predicted molar refractivity (Wildman–Crippen MR) is 74.7 cm³/mol. The zero-order valence-corrected chi connectivity index (χ0v) is 11.6. The predicted octanol–water partition coefficient (Wildman–Crippen LogP) is 2.63. The highest BCUT2D eigenvalue weighted by atomic mass is 35.5. The quantitative estimate of drug-likeness (QED) is 0.873. The standard InChI is InChI=1S/C13H22N2O.ClH/c1-13(2,3)16-11-6-4-10(5-7-11)12(15)8-9-14;/h4-7,12H,8-9,14-15H2,1-3H3;1H/t12-;/m1./s1. The monoisotopic (exact) mass is 258 g/mol. The summed E-state index contributed by atoms with van der Waals surface area (Å²) in [6, 6.07) is 7.94. The fraction of sp³-hybridized carbons (Fsp3) is 0.538. The van der Waals surface area contributed by atoms with Crippen molar-refractivity contribution in [3.63, 3.8) is 0 Å². The lowest BCUT2D eigenvalue weighted by molar-refractivity contribution is 0.131. The topological polar surface area (TPSA) is 61.3 Å². The number of nitrogens with two attached hydrogens (primary N) is 2. The summed E-state index contributed by atoms with van der Waals surface area (Å²) in [7, 11) is 0. The van der Waals surface area contributed by atoms with E-state index in [4.69, 9.17) is 16.2 Å². The van der Waals surface area contributed by atoms with E-state index < -0.39 is 0 Å². The first-order valence-electron chi connectivity index (χ1n) is 5.67. The molecule has 0 aliphatic carbocycles. The number of rotatable bonds is 4. The van der Waals surface area contributed by atoms with Crippen LogP contribution in [0.1, 0.15) is 38.8 Å². The second-order valence-corrected chi connectivity index (χ2v) is 4.97. The van der Waals surface area contributed by atoms with Gasteiger partial charge in [-0.05, 0) is 51.4 Å². The Morgan fingerprint density at radius 1 is 1.18 bits per heavy atom. The summed E-state index contributed by atoms with van der Waals surface area (Å²) in [5.74, 6) is 0.871. The zero-order chi connectivity index (χ0) is 12.2. The average Bonchev–Trinajstić information content (AvgIpc) is 2.16. The Kier molecular flexibility index (Phi) is 6.53. The van der Waals surface area contributed by atoms with Crippen molar-refractivity contribution in [2.24, 2.45) is 11.5 Å². The van der Waals surface area contributed by atoms with E-state index in [1.165, 1.54) is 0 Å². The highest BCUT2D eigenvalue weighted by Gasteiger charge is 2.12. The molecule has 1 aromatic carbocycles. The van der Waals surface area contributed by atoms with Crippen molar-refractivity contribution >= 4 is 12.4 Å². The Morgan fingerprint density at radius 3 is 2.12 bits per heavy atom. The number of hydrogen-bond donors (Lipinski definition) is 2. The summed E-state index contributed by atoms with van der Waals surface area (Å²) in [6.07, 6.45) is 0.805. The lowest BCUT2D eigenvalue weighted by atomic mass is 10.0. The van der Waals surface area contributed by atoms with Crippen LogP contribution in [-0.4, -0.2) is 12.1 Å². The largest absolute Gasteiger partial charge is 0.488 e. The van der Waals surface area contributed by atoms with Gasteiger partial charge in [0.25, 0.3) is 0 Å². The van der Waals surface area contributed by atoms with E-state index in [2.05, 4.69) is 0 Å². The van der Waals surface area contributed by atoms with Crippen molar-refractivity contribution < 1.29 is 4.74 Å². The Balaban J connectivity index is 0.00000256. The van der Waals surface area contributed by atoms with Crippen LogP contribution in [0.4, 0.5) is 0 Å². The SMILES string of the molecule is CC(C)(C)Oc1ccc([C@H](N)CCN)cc1.Cl. The summed E-state index contributed by atoms with van der Waals surface area (Å²) in [5, 5.41) is 0. The van der Waals surface area contributed by atoms with E-state index in [9.17, 15) is 0 Å². The van der Waals surface area contributed by atoms with E-state index in [1.807, 2.05) is 45.0 Å². The van der Waals surface area contributed by atoms with Gasteiger partial charge in [-0.15, -0.1) is 12.4 Å². The van der Waals surface area contributed by atoms with Gasteiger partial charge in [0.2, 0.25) is 0 Å². The van der Waals surface area contributed by atoms with Gasteiger partial charge in [-0.2, -0.15) is 0 Å². The summed E-state index contributed by atoms with van der Waals surface area (Å²) in [5.41, 5.74) is 12.4. The number of halogens is 1. The highest BCUT2D eigenvalue weighted by Crippen LogP contribution is 2.21. The van der Waals surface area contributed by atoms with Crippen molar-refractivity contribution in [3.8, 4) is 5.75 Å². The summed E-state index contributed by atoms with van der Waals surface area (Å²) < 4.78 is 5.73. The Bertz CT molecular complexity index is 319. The second-order valence-electron chi connectivity index (χ2n) is 4.97. The molecule has 0 aliphatic heterocycles. The van der Waals surface area contributed by atoms with Crippen molar-refractivity contribution in [3.05, 3.63) is 29.8 Å². The minimum atomic E-state index is -0.166. The van der Waals surface area contributed by atoms with Crippen molar-refractivity contribution in [2.75, 3.05) is 6.54 Å². The third-order valence-electron chi connectivity index (χ3n) is 2.21. The molecule has 0 bridgehead atoms. The van der Waals surface area contributed by atoms with E-state index in [1.54, 1.807) is 0 Å². The van der Waals surface area contributed by atoms with Crippen LogP contribution >= 0.6 is 12.4 Å². The van der Waals surface area contributed by atoms with Gasteiger partial charge in [0, 0.05) is 6.04 Å². The molecule has 0 aromatic heterocycles. The molecule has 98 valence electrons. The van der Waals surface area contributed by atoms with Crippen molar-refractivity contribution in [1.82, 2.24) is 0 Å². The summed E-state index contributed by atoms with van der Waals surface area (Å²) in [6.45, 7) is 6.70. The van der Waals surface area contributed by atoms with Crippen LogP contribution in [-0.2, 0) is 0 Å². The molecule has 4 N–H and O–H groups in total. The molecule has 0 amide bonds. The van der Waals surface area contributed by atoms with Gasteiger partial charge in [-0.3, -0.25) is 0 Å². The molecule has 0 fully saturated rings. The van der Waals surface area contributed by atoms with Crippen molar-refractivity contribution in [1.29, 1.82) is 0 Å². The minimum Gasteiger partial charge on any atom is -0.488 e. The van der Waals surface area contributed by atoms with E-state index >= 15 is 0 Å². The summed E-state index contributed by atoms with van der Waals surface area (Å²) >= 11 is 0. The highest BCUT2D eigenvalue weighted by molar-refractivity contribution is 5.85.